The van der Waals surface area contributed by atoms with Crippen molar-refractivity contribution in [2.75, 3.05) is 18.6 Å². The number of carbonyl (C=O) groups excluding carboxylic acids is 1. The van der Waals surface area contributed by atoms with Gasteiger partial charge in [0.2, 0.25) is 0 Å². The molecule has 1 aromatic heterocycles. The molecule has 1 aromatic carbocycles. The van der Waals surface area contributed by atoms with Crippen molar-refractivity contribution in [2.24, 2.45) is 10.2 Å². The highest BCUT2D eigenvalue weighted by atomic mass is 32.1. The fraction of sp³-hybridized carbons (Fsp3) is 0.250. The van der Waals surface area contributed by atoms with E-state index in [0.717, 1.165) is 11.3 Å². The molecule has 0 saturated carbocycles. The zero-order chi connectivity index (χ0) is 19.5. The zero-order valence-electron chi connectivity index (χ0n) is 15.3. The number of hydrogen-bond donors (Lipinski definition) is 1. The number of likely N-dealkylation sites (N-methyl/N-ethyl adjacent to an activating group) is 1. The summed E-state index contributed by atoms with van der Waals surface area (Å²) in [5.41, 5.74) is 2.39. The molecule has 1 unspecified atom stereocenters. The number of amides is 1. The molecule has 1 amide bonds. The summed E-state index contributed by atoms with van der Waals surface area (Å²) in [6.07, 6.45) is 2.79. The molecule has 0 saturated heterocycles. The van der Waals surface area contributed by atoms with Crippen LogP contribution < -0.4 is 15.0 Å². The maximum atomic E-state index is 12.7. The molecule has 0 aliphatic carbocycles. The van der Waals surface area contributed by atoms with Crippen LogP contribution in [0.5, 0.6) is 5.75 Å². The predicted octanol–water partition coefficient (Wildman–Crippen LogP) is 2.17. The predicted molar refractivity (Wildman–Crippen MR) is 112 cm³/mol. The molecule has 2 aliphatic heterocycles. The van der Waals surface area contributed by atoms with Gasteiger partial charge in [-0.15, -0.1) is 5.10 Å². The molecule has 0 bridgehead atoms. The smallest absolute Gasteiger partial charge is 0.268 e. The van der Waals surface area contributed by atoms with Crippen LogP contribution in [0, 0.1) is 0 Å². The highest BCUT2D eigenvalue weighted by molar-refractivity contribution is 7.80. The first-order valence-electron chi connectivity index (χ1n) is 8.94. The SMILES string of the molecule is CN1C(=S)C(NC(=O)C2=NN=C(Cc3ccccc3)C2)COc2cccnc21. The van der Waals surface area contributed by atoms with E-state index >= 15 is 0 Å². The number of rotatable bonds is 4. The summed E-state index contributed by atoms with van der Waals surface area (Å²) in [6, 6.07) is 13.2. The number of carbonyl (C=O) groups is 1. The Kier molecular flexibility index (Phi) is 5.12. The van der Waals surface area contributed by atoms with E-state index in [-0.39, 0.29) is 12.5 Å². The lowest BCUT2D eigenvalue weighted by Crippen LogP contribution is -2.50. The molecule has 0 spiro atoms. The van der Waals surface area contributed by atoms with E-state index < -0.39 is 6.04 Å². The average Bonchev–Trinajstić information content (AvgIpc) is 3.15. The Bertz CT molecular complexity index is 974. The molecule has 3 heterocycles. The summed E-state index contributed by atoms with van der Waals surface area (Å²) in [6.45, 7) is 0.235. The number of hydrogen-bond acceptors (Lipinski definition) is 6. The lowest BCUT2D eigenvalue weighted by Gasteiger charge is -2.22. The first-order chi connectivity index (χ1) is 13.6. The van der Waals surface area contributed by atoms with Gasteiger partial charge in [0.25, 0.3) is 5.91 Å². The normalized spacial score (nSPS) is 18.5. The van der Waals surface area contributed by atoms with Crippen molar-refractivity contribution in [3.8, 4) is 5.75 Å². The Morgan fingerprint density at radius 1 is 1.25 bits per heavy atom. The van der Waals surface area contributed by atoms with Gasteiger partial charge in [-0.05, 0) is 17.7 Å². The van der Waals surface area contributed by atoms with Crippen LogP contribution in [0.4, 0.5) is 5.82 Å². The molecule has 7 nitrogen and oxygen atoms in total. The molecule has 8 heteroatoms. The van der Waals surface area contributed by atoms with Gasteiger partial charge in [0.15, 0.2) is 11.6 Å². The van der Waals surface area contributed by atoms with Crippen LogP contribution in [0.15, 0.2) is 58.9 Å². The van der Waals surface area contributed by atoms with Crippen molar-refractivity contribution in [3.63, 3.8) is 0 Å². The third kappa shape index (κ3) is 3.77. The Morgan fingerprint density at radius 3 is 2.89 bits per heavy atom. The summed E-state index contributed by atoms with van der Waals surface area (Å²) < 4.78 is 5.79. The van der Waals surface area contributed by atoms with Crippen LogP contribution in [0.2, 0.25) is 0 Å². The van der Waals surface area contributed by atoms with E-state index in [4.69, 9.17) is 17.0 Å². The third-order valence-corrected chi connectivity index (χ3v) is 5.16. The first-order valence-corrected chi connectivity index (χ1v) is 9.35. The van der Waals surface area contributed by atoms with Crippen LogP contribution in [0.25, 0.3) is 0 Å². The van der Waals surface area contributed by atoms with Gasteiger partial charge in [-0.3, -0.25) is 4.79 Å². The van der Waals surface area contributed by atoms with Crippen LogP contribution >= 0.6 is 12.2 Å². The lowest BCUT2D eigenvalue weighted by atomic mass is 10.0. The van der Waals surface area contributed by atoms with E-state index in [9.17, 15) is 4.79 Å². The fourth-order valence-corrected chi connectivity index (χ4v) is 3.34. The molecule has 142 valence electrons. The number of pyridine rings is 1. The minimum absolute atomic E-state index is 0.235. The summed E-state index contributed by atoms with van der Waals surface area (Å²) in [5, 5.41) is 11.2. The summed E-state index contributed by atoms with van der Waals surface area (Å²) in [4.78, 5) is 19.3. The number of nitrogens with one attached hydrogen (secondary N) is 1. The standard InChI is InChI=1S/C20H19N5O2S/c1-25-18-17(8-5-9-21-18)27-12-16(20(25)28)22-19(26)15-11-14(23-24-15)10-13-6-3-2-4-7-13/h2-9,16H,10-12H2,1H3,(H,22,26). The van der Waals surface area contributed by atoms with Crippen molar-refractivity contribution in [1.29, 1.82) is 0 Å². The van der Waals surface area contributed by atoms with E-state index in [1.165, 1.54) is 0 Å². The van der Waals surface area contributed by atoms with Gasteiger partial charge in [0, 0.05) is 26.1 Å². The second-order valence-corrected chi connectivity index (χ2v) is 7.03. The molecule has 1 N–H and O–H groups in total. The number of fused-ring (bicyclic) bond motifs is 1. The molecule has 2 aromatic rings. The maximum Gasteiger partial charge on any atom is 0.268 e. The second-order valence-electron chi connectivity index (χ2n) is 6.61. The highest BCUT2D eigenvalue weighted by Gasteiger charge is 2.30. The van der Waals surface area contributed by atoms with E-state index in [1.807, 2.05) is 43.4 Å². The summed E-state index contributed by atoms with van der Waals surface area (Å²) in [7, 11) is 1.82. The van der Waals surface area contributed by atoms with E-state index in [1.54, 1.807) is 17.2 Å². The third-order valence-electron chi connectivity index (χ3n) is 4.60. The Morgan fingerprint density at radius 2 is 2.07 bits per heavy atom. The quantitative estimate of drug-likeness (QED) is 0.806. The minimum atomic E-state index is -0.456. The van der Waals surface area contributed by atoms with Crippen molar-refractivity contribution in [1.82, 2.24) is 10.3 Å². The fourth-order valence-electron chi connectivity index (χ4n) is 3.12. The summed E-state index contributed by atoms with van der Waals surface area (Å²) >= 11 is 5.54. The van der Waals surface area contributed by atoms with Crippen molar-refractivity contribution >= 4 is 40.4 Å². The zero-order valence-corrected chi connectivity index (χ0v) is 16.1. The van der Waals surface area contributed by atoms with E-state index in [0.29, 0.717) is 35.1 Å². The van der Waals surface area contributed by atoms with Crippen LogP contribution in [0.3, 0.4) is 0 Å². The molecular weight excluding hydrogens is 374 g/mol. The van der Waals surface area contributed by atoms with Crippen molar-refractivity contribution in [3.05, 3.63) is 54.2 Å². The Balaban J connectivity index is 1.38. The molecule has 1 atom stereocenters. The monoisotopic (exact) mass is 393 g/mol. The highest BCUT2D eigenvalue weighted by Crippen LogP contribution is 2.27. The average molecular weight is 393 g/mol. The molecule has 28 heavy (non-hydrogen) atoms. The topological polar surface area (TPSA) is 79.2 Å². The molecule has 0 fully saturated rings. The van der Waals surface area contributed by atoms with Gasteiger partial charge in [0.1, 0.15) is 23.3 Å². The minimum Gasteiger partial charge on any atom is -0.487 e. The van der Waals surface area contributed by atoms with Crippen LogP contribution in [0.1, 0.15) is 12.0 Å². The number of aromatic nitrogens is 1. The molecular formula is C20H19N5O2S. The molecule has 4 rings (SSSR count). The molecule has 0 radical (unpaired) electrons. The van der Waals surface area contributed by atoms with Crippen molar-refractivity contribution in [2.45, 2.75) is 18.9 Å². The van der Waals surface area contributed by atoms with Gasteiger partial charge in [0.05, 0.1) is 5.71 Å². The van der Waals surface area contributed by atoms with Crippen LogP contribution in [-0.4, -0.2) is 47.0 Å². The lowest BCUT2D eigenvalue weighted by molar-refractivity contribution is -0.115. The largest absolute Gasteiger partial charge is 0.487 e. The number of thiocarbonyl (C=S) groups is 1. The second kappa shape index (κ2) is 7.85. The van der Waals surface area contributed by atoms with E-state index in [2.05, 4.69) is 20.5 Å². The number of ether oxygens (including phenoxy) is 1. The van der Waals surface area contributed by atoms with Gasteiger partial charge in [-0.2, -0.15) is 5.10 Å². The summed E-state index contributed by atoms with van der Waals surface area (Å²) in [5.74, 6) is 0.988. The van der Waals surface area contributed by atoms with Crippen LogP contribution in [-0.2, 0) is 11.2 Å². The molecule has 2 aliphatic rings. The number of nitrogens with zero attached hydrogens (tertiary/aromatic N) is 4. The Hall–Kier alpha value is -3.13. The Labute approximate surface area is 168 Å². The van der Waals surface area contributed by atoms with Crippen molar-refractivity contribution < 1.29 is 9.53 Å². The number of anilines is 1. The van der Waals surface area contributed by atoms with Gasteiger partial charge in [-0.1, -0.05) is 42.5 Å². The first kappa shape index (κ1) is 18.2. The number of benzene rings is 1. The maximum absolute atomic E-state index is 12.7. The van der Waals surface area contributed by atoms with Gasteiger partial charge in [-0.25, -0.2) is 4.98 Å². The van der Waals surface area contributed by atoms with Gasteiger partial charge >= 0.3 is 0 Å². The van der Waals surface area contributed by atoms with Gasteiger partial charge < -0.3 is 15.0 Å².